The molecular formula is C13H9F2NO4S. The van der Waals surface area contributed by atoms with Crippen LogP contribution in [0.25, 0.3) is 0 Å². The third kappa shape index (κ3) is 4.53. The van der Waals surface area contributed by atoms with Crippen LogP contribution >= 0.6 is 0 Å². The van der Waals surface area contributed by atoms with Crippen molar-refractivity contribution in [3.63, 3.8) is 0 Å². The highest BCUT2D eigenvalue weighted by molar-refractivity contribution is 7.81. The molecule has 0 spiro atoms. The largest absolute Gasteiger partial charge is 0.488 e. The summed E-state index contributed by atoms with van der Waals surface area (Å²) >= 11 is 0. The van der Waals surface area contributed by atoms with Crippen LogP contribution in [0.4, 0.5) is 14.0 Å². The normalized spacial score (nSPS) is 11.0. The number of rotatable bonds is 4. The fourth-order valence-electron chi connectivity index (χ4n) is 1.54. The molecule has 2 aromatic rings. The maximum absolute atomic E-state index is 12.7. The molecule has 0 radical (unpaired) electrons. The van der Waals surface area contributed by atoms with E-state index in [1.807, 2.05) is 0 Å². The van der Waals surface area contributed by atoms with Crippen LogP contribution in [0.15, 0.2) is 48.5 Å². The van der Waals surface area contributed by atoms with Crippen LogP contribution in [0, 0.1) is 5.82 Å². The molecule has 0 aromatic heterocycles. The molecule has 0 aliphatic rings. The minimum Gasteiger partial charge on any atom is -0.358 e. The van der Waals surface area contributed by atoms with Gasteiger partial charge in [0.1, 0.15) is 11.6 Å². The highest BCUT2D eigenvalue weighted by Crippen LogP contribution is 2.17. The number of carbonyl (C=O) groups is 1. The Hall–Kier alpha value is -2.48. The van der Waals surface area contributed by atoms with E-state index in [0.717, 1.165) is 6.07 Å². The molecule has 0 unspecified atom stereocenters. The van der Waals surface area contributed by atoms with E-state index in [9.17, 15) is 21.5 Å². The molecule has 2 rings (SSSR count). The molecule has 0 atom stereocenters. The second-order valence-electron chi connectivity index (χ2n) is 3.97. The summed E-state index contributed by atoms with van der Waals surface area (Å²) in [5, 5.41) is 2.47. The van der Waals surface area contributed by atoms with Gasteiger partial charge >= 0.3 is 10.5 Å². The van der Waals surface area contributed by atoms with E-state index < -0.39 is 22.2 Å². The lowest BCUT2D eigenvalue weighted by molar-refractivity contribution is 0.102. The van der Waals surface area contributed by atoms with Crippen LogP contribution in [0.5, 0.6) is 5.75 Å². The maximum atomic E-state index is 12.7. The summed E-state index contributed by atoms with van der Waals surface area (Å²) in [5.41, 5.74) is 0.409. The minimum atomic E-state index is -5.16. The SMILES string of the molecule is O=C(Nc1ccc(F)cc1)c1cccc(OS(=O)(=O)F)c1. The quantitative estimate of drug-likeness (QED) is 0.881. The first-order valence-electron chi connectivity index (χ1n) is 5.64. The van der Waals surface area contributed by atoms with Gasteiger partial charge in [0.25, 0.3) is 5.91 Å². The number of halogens is 2. The van der Waals surface area contributed by atoms with E-state index in [-0.39, 0.29) is 11.3 Å². The van der Waals surface area contributed by atoms with Crippen LogP contribution in [0.2, 0.25) is 0 Å². The minimum absolute atomic E-state index is 0.0560. The van der Waals surface area contributed by atoms with Gasteiger partial charge in [0.05, 0.1) is 0 Å². The Labute approximate surface area is 119 Å². The summed E-state index contributed by atoms with van der Waals surface area (Å²) in [6.07, 6.45) is 0. The summed E-state index contributed by atoms with van der Waals surface area (Å²) in [4.78, 5) is 11.9. The molecule has 0 saturated carbocycles. The smallest absolute Gasteiger partial charge is 0.358 e. The van der Waals surface area contributed by atoms with Crippen molar-refractivity contribution in [2.75, 3.05) is 5.32 Å². The predicted octanol–water partition coefficient (Wildman–Crippen LogP) is 2.67. The van der Waals surface area contributed by atoms with Crippen LogP contribution in [-0.2, 0) is 10.5 Å². The zero-order valence-electron chi connectivity index (χ0n) is 10.4. The second kappa shape index (κ2) is 5.88. The number of nitrogens with one attached hydrogen (secondary N) is 1. The van der Waals surface area contributed by atoms with Gasteiger partial charge in [-0.15, -0.1) is 0 Å². The zero-order valence-corrected chi connectivity index (χ0v) is 11.2. The molecule has 0 aliphatic carbocycles. The van der Waals surface area contributed by atoms with Crippen LogP contribution in [0.1, 0.15) is 10.4 Å². The van der Waals surface area contributed by atoms with Gasteiger partial charge in [-0.05, 0) is 42.5 Å². The van der Waals surface area contributed by atoms with Gasteiger partial charge in [-0.3, -0.25) is 4.79 Å². The number of hydrogen-bond acceptors (Lipinski definition) is 4. The summed E-state index contributed by atoms with van der Waals surface area (Å²) in [6, 6.07) is 10.0. The third-order valence-corrected chi connectivity index (χ3v) is 2.79. The molecule has 110 valence electrons. The van der Waals surface area contributed by atoms with Crippen LogP contribution in [-0.4, -0.2) is 14.3 Å². The molecule has 5 nitrogen and oxygen atoms in total. The first-order chi connectivity index (χ1) is 9.83. The molecule has 0 bridgehead atoms. The lowest BCUT2D eigenvalue weighted by Crippen LogP contribution is -2.12. The zero-order chi connectivity index (χ0) is 15.5. The molecule has 0 heterocycles. The summed E-state index contributed by atoms with van der Waals surface area (Å²) in [7, 11) is -5.16. The number of carbonyl (C=O) groups excluding carboxylic acids is 1. The molecule has 8 heteroatoms. The molecular weight excluding hydrogens is 304 g/mol. The van der Waals surface area contributed by atoms with Crippen molar-refractivity contribution in [2.45, 2.75) is 0 Å². The number of anilines is 1. The fourth-order valence-corrected chi connectivity index (χ4v) is 1.87. The molecule has 0 aliphatic heterocycles. The van der Waals surface area contributed by atoms with E-state index in [0.29, 0.717) is 5.69 Å². The standard InChI is InChI=1S/C13H9F2NO4S/c14-10-4-6-11(7-5-10)16-13(17)9-2-1-3-12(8-9)20-21(15,18)19/h1-8H,(H,16,17). The first-order valence-corrected chi connectivity index (χ1v) is 6.95. The van der Waals surface area contributed by atoms with E-state index in [1.165, 1.54) is 42.5 Å². The van der Waals surface area contributed by atoms with Crippen molar-refractivity contribution in [1.29, 1.82) is 0 Å². The Kier molecular flexibility index (Phi) is 4.18. The summed E-state index contributed by atoms with van der Waals surface area (Å²) in [5.74, 6) is -1.36. The molecule has 21 heavy (non-hydrogen) atoms. The number of hydrogen-bond donors (Lipinski definition) is 1. The fraction of sp³-hybridized carbons (Fsp3) is 0. The molecule has 0 saturated heterocycles. The topological polar surface area (TPSA) is 72.5 Å². The Bertz CT molecular complexity index is 760. The van der Waals surface area contributed by atoms with Crippen molar-refractivity contribution in [2.24, 2.45) is 0 Å². The molecule has 0 fully saturated rings. The molecule has 1 N–H and O–H groups in total. The van der Waals surface area contributed by atoms with E-state index in [1.54, 1.807) is 0 Å². The Morgan fingerprint density at radius 3 is 2.38 bits per heavy atom. The van der Waals surface area contributed by atoms with Crippen molar-refractivity contribution >= 4 is 22.1 Å². The summed E-state index contributed by atoms with van der Waals surface area (Å²) < 4.78 is 49.9. The van der Waals surface area contributed by atoms with Crippen molar-refractivity contribution in [1.82, 2.24) is 0 Å². The predicted molar refractivity (Wildman–Crippen MR) is 71.5 cm³/mol. The van der Waals surface area contributed by atoms with Gasteiger partial charge in [0.2, 0.25) is 0 Å². The number of amides is 1. The highest BCUT2D eigenvalue weighted by Gasteiger charge is 2.12. The van der Waals surface area contributed by atoms with Gasteiger partial charge in [-0.1, -0.05) is 9.95 Å². The lowest BCUT2D eigenvalue weighted by Gasteiger charge is -2.06. The van der Waals surface area contributed by atoms with Gasteiger partial charge in [-0.2, -0.15) is 8.42 Å². The number of benzene rings is 2. The first kappa shape index (κ1) is 14.9. The Balaban J connectivity index is 2.16. The van der Waals surface area contributed by atoms with E-state index >= 15 is 0 Å². The van der Waals surface area contributed by atoms with E-state index in [2.05, 4.69) is 9.50 Å². The highest BCUT2D eigenvalue weighted by atomic mass is 32.3. The second-order valence-corrected chi connectivity index (χ2v) is 4.92. The Morgan fingerprint density at radius 2 is 1.76 bits per heavy atom. The average molecular weight is 313 g/mol. The average Bonchev–Trinajstić information content (AvgIpc) is 2.40. The van der Waals surface area contributed by atoms with E-state index in [4.69, 9.17) is 0 Å². The molecule has 2 aromatic carbocycles. The third-order valence-electron chi connectivity index (χ3n) is 2.39. The lowest BCUT2D eigenvalue weighted by atomic mass is 10.2. The van der Waals surface area contributed by atoms with Gasteiger partial charge in [-0.25, -0.2) is 4.39 Å². The monoisotopic (exact) mass is 313 g/mol. The van der Waals surface area contributed by atoms with Crippen molar-refractivity contribution in [3.05, 3.63) is 59.9 Å². The van der Waals surface area contributed by atoms with Gasteiger partial charge in [0, 0.05) is 11.3 Å². The molecule has 1 amide bonds. The van der Waals surface area contributed by atoms with Crippen molar-refractivity contribution < 1.29 is 25.7 Å². The van der Waals surface area contributed by atoms with Crippen LogP contribution in [0.3, 0.4) is 0 Å². The summed E-state index contributed by atoms with van der Waals surface area (Å²) in [6.45, 7) is 0. The van der Waals surface area contributed by atoms with Gasteiger partial charge < -0.3 is 9.50 Å². The van der Waals surface area contributed by atoms with Gasteiger partial charge in [0.15, 0.2) is 0 Å². The maximum Gasteiger partial charge on any atom is 0.488 e. The van der Waals surface area contributed by atoms with Crippen LogP contribution < -0.4 is 9.50 Å². The van der Waals surface area contributed by atoms with Crippen molar-refractivity contribution in [3.8, 4) is 5.75 Å². The Morgan fingerprint density at radius 1 is 1.10 bits per heavy atom.